The summed E-state index contributed by atoms with van der Waals surface area (Å²) in [6, 6.07) is 10.7. The maximum absolute atomic E-state index is 12.7. The molecule has 0 saturated heterocycles. The second-order valence-corrected chi connectivity index (χ2v) is 5.82. The van der Waals surface area contributed by atoms with E-state index in [0.29, 0.717) is 24.1 Å². The van der Waals surface area contributed by atoms with Crippen LogP contribution in [0.5, 0.6) is 0 Å². The van der Waals surface area contributed by atoms with E-state index in [1.165, 1.54) is 12.1 Å². The smallest absolute Gasteiger partial charge is 0.416 e. The summed E-state index contributed by atoms with van der Waals surface area (Å²) in [6.45, 7) is 0. The molecule has 0 radical (unpaired) electrons. The summed E-state index contributed by atoms with van der Waals surface area (Å²) in [7, 11) is 0. The van der Waals surface area contributed by atoms with Gasteiger partial charge in [-0.05, 0) is 55.3 Å². The second kappa shape index (κ2) is 9.07. The van der Waals surface area contributed by atoms with Gasteiger partial charge >= 0.3 is 12.1 Å². The first-order valence-corrected chi connectivity index (χ1v) is 8.20. The fraction of sp³-hybridized carbons (Fsp3) is 0.263. The summed E-state index contributed by atoms with van der Waals surface area (Å²) in [5.74, 6) is -1.00. The number of nitrogens with zero attached hydrogens (tertiary/aromatic N) is 2. The van der Waals surface area contributed by atoms with Crippen LogP contribution in [0.1, 0.15) is 41.6 Å². The SMILES string of the molecule is O=C(O)CCCCC(=O)c1ccc(N=Nc2cccc(C(F)(F)F)c2)cc1. The number of carbonyl (C=O) groups excluding carboxylic acids is 1. The Morgan fingerprint density at radius 3 is 2.15 bits per heavy atom. The highest BCUT2D eigenvalue weighted by Crippen LogP contribution is 2.31. The molecule has 2 aromatic carbocycles. The molecular weight excluding hydrogens is 361 g/mol. The molecular formula is C19H17F3N2O3. The Bertz CT molecular complexity index is 831. The molecule has 0 amide bonds. The number of carbonyl (C=O) groups is 2. The number of carboxylic acid groups (broad SMARTS) is 1. The van der Waals surface area contributed by atoms with Crippen molar-refractivity contribution in [3.63, 3.8) is 0 Å². The third kappa shape index (κ3) is 6.65. The number of ketones is 1. The molecule has 1 N–H and O–H groups in total. The summed E-state index contributed by atoms with van der Waals surface area (Å²) in [5.41, 5.74) is 0.129. The molecule has 0 aliphatic rings. The van der Waals surface area contributed by atoms with E-state index in [4.69, 9.17) is 5.11 Å². The molecule has 142 valence electrons. The average Bonchev–Trinajstić information content (AvgIpc) is 2.63. The number of rotatable bonds is 8. The predicted molar refractivity (Wildman–Crippen MR) is 92.5 cm³/mol. The molecule has 0 aliphatic carbocycles. The lowest BCUT2D eigenvalue weighted by atomic mass is 10.0. The number of benzene rings is 2. The van der Waals surface area contributed by atoms with E-state index in [9.17, 15) is 22.8 Å². The monoisotopic (exact) mass is 378 g/mol. The molecule has 0 fully saturated rings. The van der Waals surface area contributed by atoms with Crippen molar-refractivity contribution in [2.75, 3.05) is 0 Å². The fourth-order valence-electron chi connectivity index (χ4n) is 2.28. The van der Waals surface area contributed by atoms with E-state index in [0.717, 1.165) is 12.1 Å². The summed E-state index contributed by atoms with van der Waals surface area (Å²) in [4.78, 5) is 22.4. The van der Waals surface area contributed by atoms with Crippen LogP contribution in [0, 0.1) is 0 Å². The highest BCUT2D eigenvalue weighted by Gasteiger charge is 2.30. The third-order valence-electron chi connectivity index (χ3n) is 3.69. The van der Waals surface area contributed by atoms with Crippen molar-refractivity contribution in [3.05, 3.63) is 59.7 Å². The van der Waals surface area contributed by atoms with Crippen LogP contribution in [0.25, 0.3) is 0 Å². The van der Waals surface area contributed by atoms with Gasteiger partial charge in [0.25, 0.3) is 0 Å². The van der Waals surface area contributed by atoms with Crippen LogP contribution >= 0.6 is 0 Å². The standard InChI is InChI=1S/C19H17F3N2O3/c20-19(21,22)14-4-3-5-16(12-14)24-23-15-10-8-13(9-11-15)17(25)6-1-2-7-18(26)27/h3-5,8-12H,1-2,6-7H2,(H,26,27). The van der Waals surface area contributed by atoms with Crippen LogP contribution in [0.2, 0.25) is 0 Å². The van der Waals surface area contributed by atoms with Crippen molar-refractivity contribution in [2.24, 2.45) is 10.2 Å². The van der Waals surface area contributed by atoms with Gasteiger partial charge in [0.1, 0.15) is 0 Å². The minimum atomic E-state index is -4.45. The number of carboxylic acids is 1. The van der Waals surface area contributed by atoms with E-state index in [-0.39, 0.29) is 24.3 Å². The van der Waals surface area contributed by atoms with Gasteiger partial charge in [0.2, 0.25) is 0 Å². The Labute approximate surface area is 153 Å². The fourth-order valence-corrected chi connectivity index (χ4v) is 2.28. The first kappa shape index (κ1) is 20.3. The van der Waals surface area contributed by atoms with Gasteiger partial charge in [0.05, 0.1) is 16.9 Å². The Morgan fingerprint density at radius 1 is 0.889 bits per heavy atom. The highest BCUT2D eigenvalue weighted by molar-refractivity contribution is 5.96. The van der Waals surface area contributed by atoms with Crippen molar-refractivity contribution in [2.45, 2.75) is 31.9 Å². The number of Topliss-reactive ketones (excluding diaryl/α,β-unsaturated/α-hetero) is 1. The van der Waals surface area contributed by atoms with E-state index >= 15 is 0 Å². The number of azo groups is 1. The lowest BCUT2D eigenvalue weighted by Crippen LogP contribution is -2.03. The van der Waals surface area contributed by atoms with Gasteiger partial charge < -0.3 is 5.11 Å². The van der Waals surface area contributed by atoms with Crippen molar-refractivity contribution >= 4 is 23.1 Å². The average molecular weight is 378 g/mol. The van der Waals surface area contributed by atoms with Crippen LogP contribution in [0.4, 0.5) is 24.5 Å². The van der Waals surface area contributed by atoms with Crippen molar-refractivity contribution in [1.29, 1.82) is 0 Å². The van der Waals surface area contributed by atoms with E-state index < -0.39 is 17.7 Å². The lowest BCUT2D eigenvalue weighted by molar-refractivity contribution is -0.138. The number of unbranched alkanes of at least 4 members (excludes halogenated alkanes) is 1. The second-order valence-electron chi connectivity index (χ2n) is 5.82. The Kier molecular flexibility index (Phi) is 6.81. The van der Waals surface area contributed by atoms with Gasteiger partial charge in [-0.15, -0.1) is 0 Å². The van der Waals surface area contributed by atoms with Gasteiger partial charge in [0.15, 0.2) is 5.78 Å². The first-order valence-electron chi connectivity index (χ1n) is 8.20. The zero-order valence-corrected chi connectivity index (χ0v) is 14.2. The zero-order chi connectivity index (χ0) is 19.9. The molecule has 0 heterocycles. The maximum Gasteiger partial charge on any atom is 0.416 e. The minimum Gasteiger partial charge on any atom is -0.481 e. The molecule has 5 nitrogen and oxygen atoms in total. The highest BCUT2D eigenvalue weighted by atomic mass is 19.4. The summed E-state index contributed by atoms with van der Waals surface area (Å²) in [5, 5.41) is 16.2. The van der Waals surface area contributed by atoms with Crippen LogP contribution in [-0.4, -0.2) is 16.9 Å². The number of hydrogen-bond donors (Lipinski definition) is 1. The van der Waals surface area contributed by atoms with E-state index in [1.54, 1.807) is 24.3 Å². The molecule has 2 aromatic rings. The largest absolute Gasteiger partial charge is 0.481 e. The normalized spacial score (nSPS) is 11.7. The summed E-state index contributed by atoms with van der Waals surface area (Å²) < 4.78 is 38.0. The zero-order valence-electron chi connectivity index (χ0n) is 14.2. The molecule has 0 aromatic heterocycles. The minimum absolute atomic E-state index is 0.0299. The predicted octanol–water partition coefficient (Wildman–Crippen LogP) is 5.95. The molecule has 8 heteroatoms. The van der Waals surface area contributed by atoms with Gasteiger partial charge in [-0.1, -0.05) is 6.07 Å². The van der Waals surface area contributed by atoms with E-state index in [1.807, 2.05) is 0 Å². The molecule has 27 heavy (non-hydrogen) atoms. The van der Waals surface area contributed by atoms with Gasteiger partial charge in [-0.3, -0.25) is 9.59 Å². The number of aliphatic carboxylic acids is 1. The van der Waals surface area contributed by atoms with Crippen LogP contribution in [0.15, 0.2) is 58.8 Å². The van der Waals surface area contributed by atoms with Crippen LogP contribution < -0.4 is 0 Å². The Morgan fingerprint density at radius 2 is 1.52 bits per heavy atom. The summed E-state index contributed by atoms with van der Waals surface area (Å²) >= 11 is 0. The Hall–Kier alpha value is -3.03. The lowest BCUT2D eigenvalue weighted by Gasteiger charge is -2.06. The number of hydrogen-bond acceptors (Lipinski definition) is 4. The topological polar surface area (TPSA) is 79.1 Å². The van der Waals surface area contributed by atoms with Crippen LogP contribution in [-0.2, 0) is 11.0 Å². The molecule has 0 unspecified atom stereocenters. The van der Waals surface area contributed by atoms with Crippen LogP contribution in [0.3, 0.4) is 0 Å². The van der Waals surface area contributed by atoms with Crippen molar-refractivity contribution in [1.82, 2.24) is 0 Å². The summed E-state index contributed by atoms with van der Waals surface area (Å²) in [6.07, 6.45) is -3.25. The van der Waals surface area contributed by atoms with Gasteiger partial charge in [-0.2, -0.15) is 23.4 Å². The molecule has 0 bridgehead atoms. The first-order chi connectivity index (χ1) is 12.8. The molecule has 0 atom stereocenters. The quantitative estimate of drug-likeness (QED) is 0.350. The van der Waals surface area contributed by atoms with Crippen molar-refractivity contribution in [3.8, 4) is 0 Å². The Balaban J connectivity index is 1.96. The molecule has 0 aliphatic heterocycles. The molecule has 2 rings (SSSR count). The number of alkyl halides is 3. The van der Waals surface area contributed by atoms with E-state index in [2.05, 4.69) is 10.2 Å². The molecule has 0 spiro atoms. The molecule has 0 saturated carbocycles. The van der Waals surface area contributed by atoms with Crippen molar-refractivity contribution < 1.29 is 27.9 Å². The number of halogens is 3. The maximum atomic E-state index is 12.7. The third-order valence-corrected chi connectivity index (χ3v) is 3.69. The van der Waals surface area contributed by atoms with Gasteiger partial charge in [0, 0.05) is 18.4 Å². The van der Waals surface area contributed by atoms with Gasteiger partial charge in [-0.25, -0.2) is 0 Å².